The van der Waals surface area contributed by atoms with Crippen LogP contribution in [-0.4, -0.2) is 30.4 Å². The zero-order valence-corrected chi connectivity index (χ0v) is 14.6. The van der Waals surface area contributed by atoms with Crippen molar-refractivity contribution in [2.75, 3.05) is 13.6 Å². The lowest BCUT2D eigenvalue weighted by Crippen LogP contribution is -2.35. The van der Waals surface area contributed by atoms with Gasteiger partial charge in [-0.25, -0.2) is 0 Å². The molecule has 118 valence electrons. The lowest BCUT2D eigenvalue weighted by Gasteiger charge is -2.27. The number of rotatable bonds is 4. The Morgan fingerprint density at radius 2 is 2.19 bits per heavy atom. The monoisotopic (exact) mass is 350 g/mol. The summed E-state index contributed by atoms with van der Waals surface area (Å²) in [7, 11) is 1.83. The quantitative estimate of drug-likeness (QED) is 0.886. The van der Waals surface area contributed by atoms with Crippen molar-refractivity contribution in [3.05, 3.63) is 33.8 Å². The van der Waals surface area contributed by atoms with Crippen molar-refractivity contribution in [3.8, 4) is 0 Å². The fourth-order valence-corrected chi connectivity index (χ4v) is 3.12. The maximum Gasteiger partial charge on any atom is 0.224 e. The molecular formula is C15H21Cl3N2O. The molecule has 1 aliphatic rings. The van der Waals surface area contributed by atoms with Crippen molar-refractivity contribution in [2.24, 2.45) is 0 Å². The Morgan fingerprint density at radius 3 is 2.76 bits per heavy atom. The van der Waals surface area contributed by atoms with Gasteiger partial charge in [0.05, 0.1) is 6.04 Å². The summed E-state index contributed by atoms with van der Waals surface area (Å²) in [4.78, 5) is 14.1. The molecule has 0 bridgehead atoms. The van der Waals surface area contributed by atoms with E-state index in [0.29, 0.717) is 22.5 Å². The molecule has 2 rings (SSSR count). The summed E-state index contributed by atoms with van der Waals surface area (Å²) in [6, 6.07) is 5.65. The lowest BCUT2D eigenvalue weighted by molar-refractivity contribution is -0.132. The topological polar surface area (TPSA) is 32.3 Å². The molecule has 1 aliphatic heterocycles. The van der Waals surface area contributed by atoms with Crippen LogP contribution in [0.3, 0.4) is 0 Å². The van der Waals surface area contributed by atoms with E-state index in [0.717, 1.165) is 24.9 Å². The zero-order valence-electron chi connectivity index (χ0n) is 12.2. The highest BCUT2D eigenvalue weighted by Gasteiger charge is 2.24. The van der Waals surface area contributed by atoms with Crippen molar-refractivity contribution in [3.63, 3.8) is 0 Å². The third kappa shape index (κ3) is 4.75. The number of nitrogens with one attached hydrogen (secondary N) is 1. The van der Waals surface area contributed by atoms with Crippen LogP contribution in [-0.2, 0) is 4.79 Å². The van der Waals surface area contributed by atoms with Gasteiger partial charge < -0.3 is 10.2 Å². The second-order valence-corrected chi connectivity index (χ2v) is 6.19. The first-order valence-corrected chi connectivity index (χ1v) is 7.68. The smallest absolute Gasteiger partial charge is 0.224 e. The largest absolute Gasteiger partial charge is 0.339 e. The average Bonchev–Trinajstić information content (AvgIpc) is 2.90. The van der Waals surface area contributed by atoms with Gasteiger partial charge in [-0.05, 0) is 44.0 Å². The lowest BCUT2D eigenvalue weighted by atomic mass is 10.1. The molecule has 1 aromatic carbocycles. The Balaban J connectivity index is 0.00000220. The van der Waals surface area contributed by atoms with Gasteiger partial charge in [-0.1, -0.05) is 29.3 Å². The SMILES string of the molecule is CC(c1ccc(Cl)cc1Cl)N(C)C(=O)CC1CCCN1.Cl. The predicted molar refractivity (Wildman–Crippen MR) is 90.5 cm³/mol. The van der Waals surface area contributed by atoms with E-state index >= 15 is 0 Å². The van der Waals surface area contributed by atoms with Gasteiger partial charge in [0, 0.05) is 29.6 Å². The van der Waals surface area contributed by atoms with Crippen LogP contribution in [0.15, 0.2) is 18.2 Å². The Kier molecular flexibility index (Phi) is 7.28. The molecule has 1 amide bonds. The second kappa shape index (κ2) is 8.23. The maximum atomic E-state index is 12.3. The number of halogens is 3. The van der Waals surface area contributed by atoms with Crippen LogP contribution in [0.2, 0.25) is 10.0 Å². The highest BCUT2D eigenvalue weighted by Crippen LogP contribution is 2.29. The number of carbonyl (C=O) groups excluding carboxylic acids is 1. The third-order valence-corrected chi connectivity index (χ3v) is 4.53. The Bertz CT molecular complexity index is 490. The van der Waals surface area contributed by atoms with Crippen LogP contribution >= 0.6 is 35.6 Å². The first-order valence-electron chi connectivity index (χ1n) is 6.93. The van der Waals surface area contributed by atoms with Crippen LogP contribution in [0.1, 0.15) is 37.8 Å². The minimum atomic E-state index is -0.0614. The highest BCUT2D eigenvalue weighted by molar-refractivity contribution is 6.35. The molecule has 0 radical (unpaired) electrons. The van der Waals surface area contributed by atoms with Crippen molar-refractivity contribution in [1.82, 2.24) is 10.2 Å². The van der Waals surface area contributed by atoms with E-state index in [2.05, 4.69) is 5.32 Å². The van der Waals surface area contributed by atoms with Gasteiger partial charge in [0.25, 0.3) is 0 Å². The molecule has 1 fully saturated rings. The number of amides is 1. The summed E-state index contributed by atoms with van der Waals surface area (Å²) in [6.45, 7) is 3.00. The molecule has 21 heavy (non-hydrogen) atoms. The summed E-state index contributed by atoms with van der Waals surface area (Å²) in [5.41, 5.74) is 0.922. The molecule has 1 N–H and O–H groups in total. The maximum absolute atomic E-state index is 12.3. The highest BCUT2D eigenvalue weighted by atomic mass is 35.5. The van der Waals surface area contributed by atoms with Gasteiger partial charge in [-0.15, -0.1) is 12.4 Å². The Hall–Kier alpha value is -0.480. The number of nitrogens with zero attached hydrogens (tertiary/aromatic N) is 1. The van der Waals surface area contributed by atoms with Gasteiger partial charge in [0.2, 0.25) is 5.91 Å². The summed E-state index contributed by atoms with van der Waals surface area (Å²) >= 11 is 12.1. The summed E-state index contributed by atoms with van der Waals surface area (Å²) in [5.74, 6) is 0.142. The molecule has 0 saturated carbocycles. The summed E-state index contributed by atoms with van der Waals surface area (Å²) in [6.07, 6.45) is 2.78. The first-order chi connectivity index (χ1) is 9.49. The van der Waals surface area contributed by atoms with E-state index < -0.39 is 0 Å². The van der Waals surface area contributed by atoms with E-state index in [-0.39, 0.29) is 24.4 Å². The van der Waals surface area contributed by atoms with E-state index in [1.54, 1.807) is 17.0 Å². The van der Waals surface area contributed by atoms with Crippen LogP contribution in [0.25, 0.3) is 0 Å². The minimum absolute atomic E-state index is 0. The number of hydrogen-bond acceptors (Lipinski definition) is 2. The number of carbonyl (C=O) groups is 1. The van der Waals surface area contributed by atoms with Crippen molar-refractivity contribution >= 4 is 41.5 Å². The van der Waals surface area contributed by atoms with Gasteiger partial charge in [0.1, 0.15) is 0 Å². The molecule has 0 aromatic heterocycles. The predicted octanol–water partition coefficient (Wildman–Crippen LogP) is 4.08. The van der Waals surface area contributed by atoms with E-state index in [9.17, 15) is 4.79 Å². The van der Waals surface area contributed by atoms with Gasteiger partial charge in [-0.2, -0.15) is 0 Å². The van der Waals surface area contributed by atoms with E-state index in [1.807, 2.05) is 20.0 Å². The molecule has 6 heteroatoms. The normalized spacial score (nSPS) is 19.0. The second-order valence-electron chi connectivity index (χ2n) is 5.34. The Morgan fingerprint density at radius 1 is 1.48 bits per heavy atom. The molecule has 2 unspecified atom stereocenters. The molecule has 0 spiro atoms. The molecule has 3 nitrogen and oxygen atoms in total. The van der Waals surface area contributed by atoms with Gasteiger partial charge in [-0.3, -0.25) is 4.79 Å². The summed E-state index contributed by atoms with van der Waals surface area (Å²) < 4.78 is 0. The van der Waals surface area contributed by atoms with E-state index in [4.69, 9.17) is 23.2 Å². The number of benzene rings is 1. The van der Waals surface area contributed by atoms with Crippen LogP contribution in [0.5, 0.6) is 0 Å². The first kappa shape index (κ1) is 18.6. The van der Waals surface area contributed by atoms with Crippen LogP contribution in [0.4, 0.5) is 0 Å². The summed E-state index contributed by atoms with van der Waals surface area (Å²) in [5, 5.41) is 4.56. The van der Waals surface area contributed by atoms with Crippen LogP contribution < -0.4 is 5.32 Å². The molecule has 1 saturated heterocycles. The molecule has 0 aliphatic carbocycles. The van der Waals surface area contributed by atoms with Gasteiger partial charge >= 0.3 is 0 Å². The van der Waals surface area contributed by atoms with Crippen molar-refractivity contribution in [2.45, 2.75) is 38.3 Å². The fraction of sp³-hybridized carbons (Fsp3) is 0.533. The Labute approximate surface area is 142 Å². The fourth-order valence-electron chi connectivity index (χ4n) is 2.55. The average molecular weight is 352 g/mol. The molecule has 2 atom stereocenters. The number of hydrogen-bond donors (Lipinski definition) is 1. The molecular weight excluding hydrogens is 331 g/mol. The minimum Gasteiger partial charge on any atom is -0.339 e. The van der Waals surface area contributed by atoms with Crippen molar-refractivity contribution < 1.29 is 4.79 Å². The van der Waals surface area contributed by atoms with Crippen molar-refractivity contribution in [1.29, 1.82) is 0 Å². The standard InChI is InChI=1S/C15H20Cl2N2O.ClH/c1-10(13-6-5-11(16)8-14(13)17)19(2)15(20)9-12-4-3-7-18-12;/h5-6,8,10,12,18H,3-4,7,9H2,1-2H3;1H. The molecule has 1 heterocycles. The van der Waals surface area contributed by atoms with Gasteiger partial charge in [0.15, 0.2) is 0 Å². The van der Waals surface area contributed by atoms with E-state index in [1.165, 1.54) is 0 Å². The molecule has 1 aromatic rings. The zero-order chi connectivity index (χ0) is 14.7. The third-order valence-electron chi connectivity index (χ3n) is 3.97. The van der Waals surface area contributed by atoms with Crippen LogP contribution in [0, 0.1) is 0 Å².